The van der Waals surface area contributed by atoms with E-state index < -0.39 is 0 Å². The van der Waals surface area contributed by atoms with E-state index in [0.29, 0.717) is 0 Å². The van der Waals surface area contributed by atoms with Crippen LogP contribution in [0.3, 0.4) is 0 Å². The Morgan fingerprint density at radius 2 is 2.32 bits per heavy atom. The SMILES string of the molecule is CN(C)Cc1cncc(C2CCCN2C(=O)c2ccsc2)n1. The molecule has 116 valence electrons. The van der Waals surface area contributed by atoms with Crippen molar-refractivity contribution in [3.05, 3.63) is 46.2 Å². The van der Waals surface area contributed by atoms with E-state index in [-0.39, 0.29) is 11.9 Å². The monoisotopic (exact) mass is 316 g/mol. The molecule has 6 heteroatoms. The third kappa shape index (κ3) is 3.18. The first kappa shape index (κ1) is 15.1. The van der Waals surface area contributed by atoms with Crippen molar-refractivity contribution >= 4 is 17.2 Å². The average molecular weight is 316 g/mol. The van der Waals surface area contributed by atoms with Gasteiger partial charge in [0.05, 0.1) is 29.2 Å². The van der Waals surface area contributed by atoms with E-state index in [4.69, 9.17) is 4.98 Å². The van der Waals surface area contributed by atoms with E-state index in [0.717, 1.165) is 42.9 Å². The van der Waals surface area contributed by atoms with Gasteiger partial charge >= 0.3 is 0 Å². The summed E-state index contributed by atoms with van der Waals surface area (Å²) in [5, 5.41) is 3.85. The Hall–Kier alpha value is -1.79. The fourth-order valence-corrected chi connectivity index (χ4v) is 3.48. The lowest BCUT2D eigenvalue weighted by atomic mass is 10.1. The van der Waals surface area contributed by atoms with Gasteiger partial charge in [-0.05, 0) is 38.4 Å². The molecule has 3 heterocycles. The number of thiophene rings is 1. The number of rotatable bonds is 4. The summed E-state index contributed by atoms with van der Waals surface area (Å²) in [5.41, 5.74) is 2.62. The molecule has 0 bridgehead atoms. The number of nitrogens with zero attached hydrogens (tertiary/aromatic N) is 4. The molecule has 0 radical (unpaired) electrons. The first-order valence-electron chi connectivity index (χ1n) is 7.44. The van der Waals surface area contributed by atoms with Crippen molar-refractivity contribution in [3.8, 4) is 0 Å². The molecule has 2 aromatic rings. The molecular formula is C16H20N4OS. The van der Waals surface area contributed by atoms with E-state index in [1.54, 1.807) is 23.7 Å². The highest BCUT2D eigenvalue weighted by atomic mass is 32.1. The Labute approximate surface area is 134 Å². The summed E-state index contributed by atoms with van der Waals surface area (Å²) in [6.45, 7) is 1.55. The third-order valence-corrected chi connectivity index (χ3v) is 4.49. The quantitative estimate of drug-likeness (QED) is 0.870. The summed E-state index contributed by atoms with van der Waals surface area (Å²) in [6.07, 6.45) is 5.56. The van der Waals surface area contributed by atoms with Gasteiger partial charge in [-0.1, -0.05) is 0 Å². The van der Waals surface area contributed by atoms with Crippen LogP contribution in [0.5, 0.6) is 0 Å². The fraction of sp³-hybridized carbons (Fsp3) is 0.438. The zero-order chi connectivity index (χ0) is 15.5. The number of carbonyl (C=O) groups excluding carboxylic acids is 1. The van der Waals surface area contributed by atoms with Gasteiger partial charge in [0.25, 0.3) is 5.91 Å². The molecule has 3 rings (SSSR count). The Bertz CT molecular complexity index is 641. The third-order valence-electron chi connectivity index (χ3n) is 3.80. The molecule has 5 nitrogen and oxygen atoms in total. The highest BCUT2D eigenvalue weighted by Gasteiger charge is 2.32. The lowest BCUT2D eigenvalue weighted by Gasteiger charge is -2.24. The average Bonchev–Trinajstić information content (AvgIpc) is 3.18. The van der Waals surface area contributed by atoms with Crippen LogP contribution in [0, 0.1) is 0 Å². The van der Waals surface area contributed by atoms with Crippen molar-refractivity contribution in [2.75, 3.05) is 20.6 Å². The summed E-state index contributed by atoms with van der Waals surface area (Å²) in [6, 6.07) is 1.93. The summed E-state index contributed by atoms with van der Waals surface area (Å²) >= 11 is 1.55. The molecule has 0 aliphatic carbocycles. The summed E-state index contributed by atoms with van der Waals surface area (Å²) < 4.78 is 0. The van der Waals surface area contributed by atoms with Crippen molar-refractivity contribution in [3.63, 3.8) is 0 Å². The lowest BCUT2D eigenvalue weighted by Crippen LogP contribution is -2.31. The van der Waals surface area contributed by atoms with Crippen molar-refractivity contribution in [2.24, 2.45) is 0 Å². The van der Waals surface area contributed by atoms with E-state index in [9.17, 15) is 4.79 Å². The van der Waals surface area contributed by atoms with Crippen molar-refractivity contribution in [1.82, 2.24) is 19.8 Å². The van der Waals surface area contributed by atoms with Gasteiger partial charge in [0, 0.05) is 24.7 Å². The standard InChI is InChI=1S/C16H20N4OS/c1-19(2)10-13-8-17-9-14(18-13)15-4-3-6-20(15)16(21)12-5-7-22-11-12/h5,7-9,11,15H,3-4,6,10H2,1-2H3. The van der Waals surface area contributed by atoms with Gasteiger partial charge in [-0.2, -0.15) is 11.3 Å². The first-order chi connectivity index (χ1) is 10.6. The normalized spacial score (nSPS) is 18.1. The Balaban J connectivity index is 1.82. The molecule has 1 aliphatic heterocycles. The molecule has 0 saturated carbocycles. The molecule has 0 spiro atoms. The van der Waals surface area contributed by atoms with Gasteiger partial charge in [-0.25, -0.2) is 0 Å². The van der Waals surface area contributed by atoms with Crippen molar-refractivity contribution < 1.29 is 4.79 Å². The molecule has 1 amide bonds. The van der Waals surface area contributed by atoms with Crippen LogP contribution in [0.4, 0.5) is 0 Å². The first-order valence-corrected chi connectivity index (χ1v) is 8.38. The van der Waals surface area contributed by atoms with Crippen molar-refractivity contribution in [1.29, 1.82) is 0 Å². The van der Waals surface area contributed by atoms with Gasteiger partial charge in [-0.3, -0.25) is 14.8 Å². The maximum Gasteiger partial charge on any atom is 0.255 e. The molecule has 2 aromatic heterocycles. The number of aromatic nitrogens is 2. The molecule has 22 heavy (non-hydrogen) atoms. The van der Waals surface area contributed by atoms with E-state index in [1.165, 1.54) is 0 Å². The Morgan fingerprint density at radius 3 is 3.05 bits per heavy atom. The van der Waals surface area contributed by atoms with Gasteiger partial charge in [-0.15, -0.1) is 0 Å². The van der Waals surface area contributed by atoms with Gasteiger partial charge in [0.15, 0.2) is 0 Å². The van der Waals surface area contributed by atoms with Crippen LogP contribution in [0.1, 0.15) is 40.6 Å². The minimum Gasteiger partial charge on any atom is -0.330 e. The fourth-order valence-electron chi connectivity index (χ4n) is 2.85. The molecule has 1 aliphatic rings. The zero-order valence-electron chi connectivity index (χ0n) is 12.9. The number of hydrogen-bond donors (Lipinski definition) is 0. The maximum atomic E-state index is 12.6. The maximum absolute atomic E-state index is 12.6. The number of hydrogen-bond acceptors (Lipinski definition) is 5. The molecule has 1 fully saturated rings. The van der Waals surface area contributed by atoms with Crippen LogP contribution in [0.25, 0.3) is 0 Å². The predicted molar refractivity (Wildman–Crippen MR) is 86.8 cm³/mol. The van der Waals surface area contributed by atoms with Crippen LogP contribution >= 0.6 is 11.3 Å². The minimum absolute atomic E-state index is 0.0435. The van der Waals surface area contributed by atoms with Crippen LogP contribution in [-0.4, -0.2) is 46.3 Å². The number of likely N-dealkylation sites (tertiary alicyclic amines) is 1. The number of carbonyl (C=O) groups is 1. The predicted octanol–water partition coefficient (Wildman–Crippen LogP) is 2.58. The van der Waals surface area contributed by atoms with Crippen LogP contribution in [0.2, 0.25) is 0 Å². The summed E-state index contributed by atoms with van der Waals surface area (Å²) in [5.74, 6) is 0.101. The van der Waals surface area contributed by atoms with Gasteiger partial charge in [0.2, 0.25) is 0 Å². The van der Waals surface area contributed by atoms with Gasteiger partial charge in [0.1, 0.15) is 0 Å². The summed E-state index contributed by atoms with van der Waals surface area (Å²) in [7, 11) is 4.02. The Morgan fingerprint density at radius 1 is 1.45 bits per heavy atom. The van der Waals surface area contributed by atoms with E-state index in [1.807, 2.05) is 35.8 Å². The van der Waals surface area contributed by atoms with Crippen LogP contribution in [-0.2, 0) is 6.54 Å². The minimum atomic E-state index is 0.0435. The molecular weight excluding hydrogens is 296 g/mol. The lowest BCUT2D eigenvalue weighted by molar-refractivity contribution is 0.0733. The molecule has 0 aromatic carbocycles. The molecule has 0 N–H and O–H groups in total. The van der Waals surface area contributed by atoms with Crippen LogP contribution in [0.15, 0.2) is 29.2 Å². The zero-order valence-corrected chi connectivity index (χ0v) is 13.7. The van der Waals surface area contributed by atoms with Crippen molar-refractivity contribution in [2.45, 2.75) is 25.4 Å². The summed E-state index contributed by atoms with van der Waals surface area (Å²) in [4.78, 5) is 25.7. The topological polar surface area (TPSA) is 49.3 Å². The second kappa shape index (κ2) is 6.54. The largest absolute Gasteiger partial charge is 0.330 e. The smallest absolute Gasteiger partial charge is 0.255 e. The molecule has 1 saturated heterocycles. The second-order valence-corrected chi connectivity index (χ2v) is 6.62. The van der Waals surface area contributed by atoms with E-state index >= 15 is 0 Å². The van der Waals surface area contributed by atoms with E-state index in [2.05, 4.69) is 9.88 Å². The highest BCUT2D eigenvalue weighted by Crippen LogP contribution is 2.32. The van der Waals surface area contributed by atoms with Gasteiger partial charge < -0.3 is 9.80 Å². The van der Waals surface area contributed by atoms with Crippen LogP contribution < -0.4 is 0 Å². The number of amides is 1. The second-order valence-electron chi connectivity index (χ2n) is 5.84. The highest BCUT2D eigenvalue weighted by molar-refractivity contribution is 7.08. The molecule has 1 atom stereocenters. The molecule has 1 unspecified atom stereocenters. The Kier molecular flexibility index (Phi) is 4.49.